The molecule has 0 amide bonds. The van der Waals surface area contributed by atoms with Crippen molar-refractivity contribution < 1.29 is 9.47 Å². The molecule has 13 nitrogen and oxygen atoms in total. The maximum atomic E-state index is 5.70. The molecule has 0 unspecified atom stereocenters. The van der Waals surface area contributed by atoms with Gasteiger partial charge in [0, 0.05) is 145 Å². The Morgan fingerprint density at radius 3 is 2.20 bits per heavy atom. The minimum atomic E-state index is 0.262. The zero-order valence-electron chi connectivity index (χ0n) is 41.9. The van der Waals surface area contributed by atoms with E-state index in [0.717, 1.165) is 195 Å². The van der Waals surface area contributed by atoms with Crippen LogP contribution in [0.5, 0.6) is 0 Å². The van der Waals surface area contributed by atoms with Crippen LogP contribution in [0.1, 0.15) is 61.0 Å². The smallest absolute Gasteiger partial charge is 0.178 e. The van der Waals surface area contributed by atoms with Crippen LogP contribution in [0.15, 0.2) is 104 Å². The van der Waals surface area contributed by atoms with E-state index in [1.165, 1.54) is 6.42 Å². The number of thiazole rings is 2. The van der Waals surface area contributed by atoms with Crippen molar-refractivity contribution in [1.82, 2.24) is 53.8 Å². The minimum Gasteiger partial charge on any atom is -0.381 e. The van der Waals surface area contributed by atoms with Gasteiger partial charge in [0.2, 0.25) is 0 Å². The molecule has 15 rings (SSSR count). The van der Waals surface area contributed by atoms with Crippen molar-refractivity contribution in [3.8, 4) is 78.2 Å². The Morgan fingerprint density at radius 2 is 1.41 bits per heavy atom. The van der Waals surface area contributed by atoms with Crippen molar-refractivity contribution >= 4 is 88.2 Å². The number of nitrogens with one attached hydrogen (secondary N) is 1. The van der Waals surface area contributed by atoms with E-state index in [0.29, 0.717) is 12.0 Å². The molecule has 3 aromatic carbocycles. The van der Waals surface area contributed by atoms with Crippen LogP contribution in [-0.2, 0) is 23.6 Å². The predicted molar refractivity (Wildman–Crippen MR) is 303 cm³/mol. The fourth-order valence-corrected chi connectivity index (χ4v) is 13.2. The molecule has 2 aliphatic heterocycles. The second-order valence-corrected chi connectivity index (χ2v) is 22.5. The van der Waals surface area contributed by atoms with Gasteiger partial charge in [-0.3, -0.25) is 4.68 Å². The lowest BCUT2D eigenvalue weighted by Crippen LogP contribution is -2.16. The lowest BCUT2D eigenvalue weighted by atomic mass is 9.92. The van der Waals surface area contributed by atoms with E-state index >= 15 is 0 Å². The van der Waals surface area contributed by atoms with Crippen molar-refractivity contribution in [2.45, 2.75) is 51.0 Å². The Balaban J connectivity index is 0.904. The summed E-state index contributed by atoms with van der Waals surface area (Å²) in [5, 5.41) is 14.7. The number of aromatic amines is 1. The van der Waals surface area contributed by atoms with E-state index in [4.69, 9.17) is 39.4 Å². The maximum absolute atomic E-state index is 5.70. The molecule has 3 aliphatic rings. The van der Waals surface area contributed by atoms with Crippen LogP contribution >= 0.6 is 22.7 Å². The zero-order valence-corrected chi connectivity index (χ0v) is 43.6. The average molecular weight is 1030 g/mol. The van der Waals surface area contributed by atoms with Crippen molar-refractivity contribution in [3.05, 3.63) is 114 Å². The van der Waals surface area contributed by atoms with Crippen LogP contribution in [-0.4, -0.2) is 80.2 Å². The summed E-state index contributed by atoms with van der Waals surface area (Å²) >= 11 is 3.28. The van der Waals surface area contributed by atoms with Crippen LogP contribution < -0.4 is 0 Å². The molecular weight excluding hydrogens is 983 g/mol. The Bertz CT molecular complexity index is 4440. The van der Waals surface area contributed by atoms with E-state index in [2.05, 4.69) is 117 Å². The van der Waals surface area contributed by atoms with Gasteiger partial charge < -0.3 is 23.6 Å². The number of hydrogen-bond acceptors (Lipinski definition) is 11. The van der Waals surface area contributed by atoms with Gasteiger partial charge in [-0.15, -0.1) is 22.7 Å². The maximum Gasteiger partial charge on any atom is 0.178 e. The second kappa shape index (κ2) is 18.4. The molecule has 0 bridgehead atoms. The van der Waals surface area contributed by atoms with Crippen molar-refractivity contribution in [3.63, 3.8) is 0 Å². The first kappa shape index (κ1) is 45.4. The molecule has 3 fully saturated rings. The van der Waals surface area contributed by atoms with E-state index in [1.54, 1.807) is 22.7 Å². The molecule has 12 aromatic rings. The van der Waals surface area contributed by atoms with Crippen LogP contribution in [0.4, 0.5) is 0 Å². The van der Waals surface area contributed by atoms with Gasteiger partial charge in [0.25, 0.3) is 0 Å². The highest BCUT2D eigenvalue weighted by Gasteiger charge is 2.27. The van der Waals surface area contributed by atoms with Crippen LogP contribution in [0.2, 0.25) is 0 Å². The summed E-state index contributed by atoms with van der Waals surface area (Å²) in [6, 6.07) is 20.5. The van der Waals surface area contributed by atoms with Gasteiger partial charge in [0.15, 0.2) is 15.7 Å². The summed E-state index contributed by atoms with van der Waals surface area (Å²) in [5.74, 6) is 14.6. The topological polar surface area (TPSA) is 139 Å². The standard InChI is InChI=1S/C61H49N11O2S2/c1-70-33-50(54-45-24-37(8-9-39(45)28-65-61(54)70)51-31-63-52(75-51)12-6-35-15-20-73-21-16-35)55-43-11-10-38(25-46(43)44-14-19-62-59(44)69-55)58-56(68-53(76-58)13-7-36-17-22-74-23-18-36)47-26-40(41-29-67-71(2)32-41)27-48-49(47)30-64-60-57(48)72(34-66-60)42-4-3-5-42/h8-11,14,19,24-36,42H,3-5,15-18,20-23H2,1-2H3,(H,62,69). The van der Waals surface area contributed by atoms with Crippen LogP contribution in [0.25, 0.3) is 120 Å². The summed E-state index contributed by atoms with van der Waals surface area (Å²) in [5.41, 5.74) is 11.5. The van der Waals surface area contributed by atoms with Gasteiger partial charge in [-0.1, -0.05) is 36.1 Å². The third-order valence-corrected chi connectivity index (χ3v) is 17.7. The highest BCUT2D eigenvalue weighted by atomic mass is 32.1. The highest BCUT2D eigenvalue weighted by molar-refractivity contribution is 7.16. The van der Waals surface area contributed by atoms with Crippen LogP contribution in [0.3, 0.4) is 0 Å². The monoisotopic (exact) mass is 1030 g/mol. The third-order valence-electron chi connectivity index (χ3n) is 15.7. The van der Waals surface area contributed by atoms with Crippen molar-refractivity contribution in [1.29, 1.82) is 0 Å². The third kappa shape index (κ3) is 7.79. The molecule has 1 saturated carbocycles. The normalized spacial score (nSPS) is 15.8. The number of aryl methyl sites for hydroxylation is 2. The summed E-state index contributed by atoms with van der Waals surface area (Å²) in [6.07, 6.45) is 23.3. The molecule has 0 atom stereocenters. The number of H-pyrrole nitrogens is 1. The number of ether oxygens (including phenoxy) is 2. The van der Waals surface area contributed by atoms with E-state index < -0.39 is 0 Å². The number of benzene rings is 3. The Kier molecular flexibility index (Phi) is 11.0. The van der Waals surface area contributed by atoms with Gasteiger partial charge in [-0.2, -0.15) is 5.10 Å². The van der Waals surface area contributed by atoms with Gasteiger partial charge in [-0.25, -0.2) is 29.9 Å². The molecule has 0 radical (unpaired) electrons. The highest BCUT2D eigenvalue weighted by Crippen LogP contribution is 2.47. The number of rotatable bonds is 6. The average Bonchev–Trinajstić information content (AvgIpc) is 4.45. The molecule has 1 aliphatic carbocycles. The Hall–Kier alpha value is -8.05. The molecular formula is C61H49N11O2S2. The molecule has 372 valence electrons. The van der Waals surface area contributed by atoms with Crippen LogP contribution in [0, 0.1) is 35.5 Å². The molecule has 76 heavy (non-hydrogen) atoms. The minimum absolute atomic E-state index is 0.262. The SMILES string of the molecule is Cn1cc(-c2cc(-c3nc(C#CC4CCOCC4)sc3-c3ccc4c(-c5cn(C)c6ncc7ccc(-c8cnc(C#CC9CCOCC9)s8)cc7c56)nc5[nH]ccc5c4c3)c3cnc4ncn(C5CCC5)c4c3c2)cn1. The van der Waals surface area contributed by atoms with Gasteiger partial charge in [0.1, 0.15) is 11.3 Å². The van der Waals surface area contributed by atoms with E-state index in [9.17, 15) is 0 Å². The molecule has 11 heterocycles. The number of nitrogens with zero attached hydrogens (tertiary/aromatic N) is 10. The predicted octanol–water partition coefficient (Wildman–Crippen LogP) is 12.9. The summed E-state index contributed by atoms with van der Waals surface area (Å²) < 4.78 is 17.6. The first-order valence-corrected chi connectivity index (χ1v) is 27.8. The second-order valence-electron chi connectivity index (χ2n) is 20.5. The Morgan fingerprint density at radius 1 is 0.618 bits per heavy atom. The first-order valence-electron chi connectivity index (χ1n) is 26.2. The number of hydrogen-bond donors (Lipinski definition) is 1. The number of aromatic nitrogens is 11. The zero-order chi connectivity index (χ0) is 50.4. The molecule has 9 aromatic heterocycles. The number of imidazole rings is 1. The van der Waals surface area contributed by atoms with Gasteiger partial charge in [-0.05, 0) is 115 Å². The largest absolute Gasteiger partial charge is 0.381 e. The summed E-state index contributed by atoms with van der Waals surface area (Å²) in [6.45, 7) is 3.01. The number of pyridine rings is 3. The van der Waals surface area contributed by atoms with Gasteiger partial charge >= 0.3 is 0 Å². The lowest BCUT2D eigenvalue weighted by Gasteiger charge is -2.27. The number of fused-ring (bicyclic) bond motifs is 9. The van der Waals surface area contributed by atoms with Crippen molar-refractivity contribution in [2.75, 3.05) is 26.4 Å². The van der Waals surface area contributed by atoms with Crippen molar-refractivity contribution in [2.24, 2.45) is 25.9 Å². The molecule has 2 saturated heterocycles. The Labute approximate surface area is 445 Å². The van der Waals surface area contributed by atoms with E-state index in [-0.39, 0.29) is 5.92 Å². The van der Waals surface area contributed by atoms with E-state index in [1.807, 2.05) is 49.0 Å². The fourth-order valence-electron chi connectivity index (χ4n) is 11.5. The quantitative estimate of drug-likeness (QED) is 0.161. The molecule has 0 spiro atoms. The first-order chi connectivity index (χ1) is 37.4. The van der Waals surface area contributed by atoms with Gasteiger partial charge in [0.05, 0.1) is 39.2 Å². The summed E-state index contributed by atoms with van der Waals surface area (Å²) in [7, 11) is 4.03. The fraction of sp³-hybridized carbons (Fsp3) is 0.262. The lowest BCUT2D eigenvalue weighted by molar-refractivity contribution is 0.0806. The molecule has 15 heteroatoms. The summed E-state index contributed by atoms with van der Waals surface area (Å²) in [4.78, 5) is 36.2. The molecule has 1 N–H and O–H groups in total.